The van der Waals surface area contributed by atoms with Crippen LogP contribution in [-0.4, -0.2) is 32.7 Å². The molecular weight excluding hydrogens is 402 g/mol. The average Bonchev–Trinajstić information content (AvgIpc) is 2.66. The van der Waals surface area contributed by atoms with Crippen LogP contribution in [-0.2, 0) is 11.3 Å². The van der Waals surface area contributed by atoms with Gasteiger partial charge in [0.2, 0.25) is 5.91 Å². The highest BCUT2D eigenvalue weighted by Gasteiger charge is 2.08. The highest BCUT2D eigenvalue weighted by molar-refractivity contribution is 9.10. The molecule has 0 spiro atoms. The van der Waals surface area contributed by atoms with Crippen LogP contribution < -0.4 is 25.4 Å². The van der Waals surface area contributed by atoms with Gasteiger partial charge in [-0.15, -0.1) is 0 Å². The number of hydrogen-bond donors (Lipinski definition) is 3. The van der Waals surface area contributed by atoms with Gasteiger partial charge < -0.3 is 25.4 Å². The molecule has 0 fully saturated rings. The smallest absolute Gasteiger partial charge is 0.315 e. The predicted molar refractivity (Wildman–Crippen MR) is 103 cm³/mol. The third-order valence-corrected chi connectivity index (χ3v) is 3.97. The molecule has 0 heterocycles. The van der Waals surface area contributed by atoms with Gasteiger partial charge in [0.1, 0.15) is 0 Å². The number of halogens is 1. The fraction of sp³-hybridized carbons (Fsp3) is 0.222. The molecule has 0 atom stereocenters. The molecule has 0 radical (unpaired) electrons. The first kappa shape index (κ1) is 19.6. The van der Waals surface area contributed by atoms with Crippen molar-refractivity contribution in [3.63, 3.8) is 0 Å². The quantitative estimate of drug-likeness (QED) is 0.640. The highest BCUT2D eigenvalue weighted by Crippen LogP contribution is 2.27. The molecule has 26 heavy (non-hydrogen) atoms. The molecule has 8 heteroatoms. The molecule has 0 aliphatic carbocycles. The Balaban J connectivity index is 1.76. The molecule has 0 saturated heterocycles. The van der Waals surface area contributed by atoms with Crippen molar-refractivity contribution >= 4 is 33.6 Å². The summed E-state index contributed by atoms with van der Waals surface area (Å²) in [6.45, 7) is 0.161. The number of benzene rings is 2. The zero-order valence-electron chi connectivity index (χ0n) is 14.5. The van der Waals surface area contributed by atoms with Crippen LogP contribution in [0.5, 0.6) is 11.5 Å². The summed E-state index contributed by atoms with van der Waals surface area (Å²) in [6, 6.07) is 12.1. The first-order valence-corrected chi connectivity index (χ1v) is 8.59. The largest absolute Gasteiger partial charge is 0.493 e. The van der Waals surface area contributed by atoms with E-state index in [1.165, 1.54) is 0 Å². The summed E-state index contributed by atoms with van der Waals surface area (Å²) >= 11 is 3.32. The molecule has 0 aliphatic rings. The lowest BCUT2D eigenvalue weighted by Gasteiger charge is -2.11. The van der Waals surface area contributed by atoms with Gasteiger partial charge in [-0.25, -0.2) is 4.79 Å². The molecular formula is C18H20BrN3O4. The van der Waals surface area contributed by atoms with Crippen LogP contribution in [0.15, 0.2) is 46.9 Å². The molecule has 7 nitrogen and oxygen atoms in total. The van der Waals surface area contributed by atoms with E-state index in [1.54, 1.807) is 38.5 Å². The van der Waals surface area contributed by atoms with Crippen LogP contribution in [0, 0.1) is 0 Å². The molecule has 2 aromatic carbocycles. The van der Waals surface area contributed by atoms with Gasteiger partial charge in [-0.3, -0.25) is 4.79 Å². The Morgan fingerprint density at radius 3 is 2.31 bits per heavy atom. The van der Waals surface area contributed by atoms with E-state index in [0.717, 1.165) is 10.0 Å². The van der Waals surface area contributed by atoms with E-state index in [2.05, 4.69) is 31.9 Å². The van der Waals surface area contributed by atoms with Gasteiger partial charge in [0.15, 0.2) is 11.5 Å². The van der Waals surface area contributed by atoms with Crippen molar-refractivity contribution in [2.45, 2.75) is 6.54 Å². The Labute approximate surface area is 160 Å². The Hall–Kier alpha value is -2.74. The molecule has 0 bridgehead atoms. The summed E-state index contributed by atoms with van der Waals surface area (Å²) in [5, 5.41) is 7.88. The second kappa shape index (κ2) is 9.67. The number of nitrogens with one attached hydrogen (secondary N) is 3. The number of anilines is 1. The normalized spacial score (nSPS) is 9.96. The van der Waals surface area contributed by atoms with Crippen molar-refractivity contribution in [1.29, 1.82) is 0 Å². The van der Waals surface area contributed by atoms with Crippen LogP contribution in [0.1, 0.15) is 5.56 Å². The van der Waals surface area contributed by atoms with Crippen molar-refractivity contribution in [2.75, 3.05) is 26.1 Å². The summed E-state index contributed by atoms with van der Waals surface area (Å²) in [5.41, 5.74) is 1.50. The SMILES string of the molecule is COc1ccc(CNC(=O)NCC(=O)Nc2ccc(Br)cc2)cc1OC. The monoisotopic (exact) mass is 421 g/mol. The molecule has 3 N–H and O–H groups in total. The third kappa shape index (κ3) is 5.96. The third-order valence-electron chi connectivity index (χ3n) is 3.44. The summed E-state index contributed by atoms with van der Waals surface area (Å²) in [7, 11) is 3.11. The molecule has 138 valence electrons. The summed E-state index contributed by atoms with van der Waals surface area (Å²) in [6.07, 6.45) is 0. The van der Waals surface area contributed by atoms with E-state index in [4.69, 9.17) is 9.47 Å². The summed E-state index contributed by atoms with van der Waals surface area (Å²) in [5.74, 6) is 0.889. The molecule has 2 rings (SSSR count). The minimum absolute atomic E-state index is 0.131. The van der Waals surface area contributed by atoms with Gasteiger partial charge in [0.25, 0.3) is 0 Å². The second-order valence-corrected chi connectivity index (χ2v) is 6.20. The summed E-state index contributed by atoms with van der Waals surface area (Å²) in [4.78, 5) is 23.7. The van der Waals surface area contributed by atoms with E-state index < -0.39 is 6.03 Å². The van der Waals surface area contributed by atoms with E-state index >= 15 is 0 Å². The van der Waals surface area contributed by atoms with Gasteiger partial charge in [0, 0.05) is 16.7 Å². The van der Waals surface area contributed by atoms with Gasteiger partial charge in [-0.05, 0) is 42.0 Å². The first-order valence-electron chi connectivity index (χ1n) is 7.80. The van der Waals surface area contributed by atoms with Crippen LogP contribution >= 0.6 is 15.9 Å². The van der Waals surface area contributed by atoms with Crippen LogP contribution in [0.3, 0.4) is 0 Å². The maximum absolute atomic E-state index is 11.8. The van der Waals surface area contributed by atoms with E-state index in [0.29, 0.717) is 23.7 Å². The van der Waals surface area contributed by atoms with E-state index in [-0.39, 0.29) is 12.5 Å². The van der Waals surface area contributed by atoms with Crippen LogP contribution in [0.4, 0.5) is 10.5 Å². The topological polar surface area (TPSA) is 88.7 Å². The first-order chi connectivity index (χ1) is 12.5. The molecule has 0 saturated carbocycles. The van der Waals surface area contributed by atoms with Gasteiger partial charge >= 0.3 is 6.03 Å². The van der Waals surface area contributed by atoms with Gasteiger partial charge in [0.05, 0.1) is 20.8 Å². The van der Waals surface area contributed by atoms with E-state index in [1.807, 2.05) is 18.2 Å². The second-order valence-electron chi connectivity index (χ2n) is 5.28. The van der Waals surface area contributed by atoms with E-state index in [9.17, 15) is 9.59 Å². The number of methoxy groups -OCH3 is 2. The Kier molecular flexibility index (Phi) is 7.28. The predicted octanol–water partition coefficient (Wildman–Crippen LogP) is 2.90. The lowest BCUT2D eigenvalue weighted by molar-refractivity contribution is -0.115. The minimum atomic E-state index is -0.439. The van der Waals surface area contributed by atoms with Crippen LogP contribution in [0.25, 0.3) is 0 Å². The number of carbonyl (C=O) groups excluding carboxylic acids is 2. The number of rotatable bonds is 7. The highest BCUT2D eigenvalue weighted by atomic mass is 79.9. The van der Waals surface area contributed by atoms with Crippen molar-refractivity contribution in [2.24, 2.45) is 0 Å². The molecule has 3 amide bonds. The van der Waals surface area contributed by atoms with Crippen molar-refractivity contribution < 1.29 is 19.1 Å². The standard InChI is InChI=1S/C18H20BrN3O4/c1-25-15-8-3-12(9-16(15)26-2)10-20-18(24)21-11-17(23)22-14-6-4-13(19)5-7-14/h3-9H,10-11H2,1-2H3,(H,22,23)(H2,20,21,24). The van der Waals surface area contributed by atoms with Gasteiger partial charge in [-0.1, -0.05) is 22.0 Å². The lowest BCUT2D eigenvalue weighted by atomic mass is 10.2. The fourth-order valence-electron chi connectivity index (χ4n) is 2.13. The maximum atomic E-state index is 11.8. The zero-order valence-corrected chi connectivity index (χ0v) is 16.1. The van der Waals surface area contributed by atoms with Crippen LogP contribution in [0.2, 0.25) is 0 Å². The molecule has 0 unspecified atom stereocenters. The number of carbonyl (C=O) groups is 2. The number of urea groups is 1. The molecule has 0 aromatic heterocycles. The molecule has 2 aromatic rings. The Bertz CT molecular complexity index is 766. The Morgan fingerprint density at radius 1 is 0.962 bits per heavy atom. The average molecular weight is 422 g/mol. The fourth-order valence-corrected chi connectivity index (χ4v) is 2.40. The minimum Gasteiger partial charge on any atom is -0.493 e. The number of amides is 3. The zero-order chi connectivity index (χ0) is 18.9. The molecule has 0 aliphatic heterocycles. The lowest BCUT2D eigenvalue weighted by Crippen LogP contribution is -2.39. The van der Waals surface area contributed by atoms with Crippen molar-refractivity contribution in [3.05, 3.63) is 52.5 Å². The maximum Gasteiger partial charge on any atom is 0.315 e. The number of hydrogen-bond acceptors (Lipinski definition) is 4. The van der Waals surface area contributed by atoms with Crippen molar-refractivity contribution in [3.8, 4) is 11.5 Å². The summed E-state index contributed by atoms with van der Waals surface area (Å²) < 4.78 is 11.3. The van der Waals surface area contributed by atoms with Crippen molar-refractivity contribution in [1.82, 2.24) is 10.6 Å². The van der Waals surface area contributed by atoms with Gasteiger partial charge in [-0.2, -0.15) is 0 Å². The number of ether oxygens (including phenoxy) is 2. The Morgan fingerprint density at radius 2 is 1.65 bits per heavy atom.